The van der Waals surface area contributed by atoms with Gasteiger partial charge < -0.3 is 4.90 Å². The molecule has 0 aliphatic carbocycles. The smallest absolute Gasteiger partial charge is 0.282 e. The predicted octanol–water partition coefficient (Wildman–Crippen LogP) is 1.49. The van der Waals surface area contributed by atoms with Crippen LogP contribution < -0.4 is 4.90 Å². The van der Waals surface area contributed by atoms with E-state index in [4.69, 9.17) is 0 Å². The van der Waals surface area contributed by atoms with E-state index in [9.17, 15) is 8.78 Å². The second-order valence-corrected chi connectivity index (χ2v) is 4.07. The molecule has 6 heteroatoms. The van der Waals surface area contributed by atoms with Gasteiger partial charge in [-0.1, -0.05) is 0 Å². The van der Waals surface area contributed by atoms with Gasteiger partial charge in [0.1, 0.15) is 5.82 Å². The maximum Gasteiger partial charge on any atom is 0.282 e. The molecule has 0 amide bonds. The Balaban J connectivity index is 2.06. The monoisotopic (exact) mass is 224 g/mol. The molecule has 0 saturated carbocycles. The van der Waals surface area contributed by atoms with Crippen molar-refractivity contribution in [2.45, 2.75) is 12.8 Å². The lowest BCUT2D eigenvalue weighted by molar-refractivity contribution is -0.0269. The van der Waals surface area contributed by atoms with E-state index < -0.39 is 5.92 Å². The number of aromatic nitrogens is 3. The van der Waals surface area contributed by atoms with Crippen molar-refractivity contribution in [1.82, 2.24) is 14.6 Å². The van der Waals surface area contributed by atoms with Gasteiger partial charge in [0.25, 0.3) is 5.92 Å². The third kappa shape index (κ3) is 1.33. The van der Waals surface area contributed by atoms with Gasteiger partial charge in [-0.2, -0.15) is 9.61 Å². The summed E-state index contributed by atoms with van der Waals surface area (Å²) in [4.78, 5) is 5.87. The van der Waals surface area contributed by atoms with Crippen molar-refractivity contribution in [2.75, 3.05) is 18.0 Å². The zero-order valence-corrected chi connectivity index (χ0v) is 8.69. The summed E-state index contributed by atoms with van der Waals surface area (Å²) in [5.41, 5.74) is 1.49. The van der Waals surface area contributed by atoms with E-state index in [0.717, 1.165) is 5.69 Å². The number of aryl methyl sites for hydroxylation is 1. The number of alkyl halides is 2. The Bertz CT molecular complexity index is 541. The minimum absolute atomic E-state index is 0.245. The highest BCUT2D eigenvalue weighted by atomic mass is 19.3. The average Bonchev–Trinajstić information content (AvgIpc) is 2.60. The second-order valence-electron chi connectivity index (χ2n) is 4.07. The summed E-state index contributed by atoms with van der Waals surface area (Å²) in [6.07, 6.45) is 1.61. The zero-order chi connectivity index (χ0) is 11.3. The largest absolute Gasteiger partial charge is 0.344 e. The summed E-state index contributed by atoms with van der Waals surface area (Å²) in [6, 6.07) is 3.53. The highest BCUT2D eigenvalue weighted by molar-refractivity contribution is 5.52. The van der Waals surface area contributed by atoms with Gasteiger partial charge in [-0.25, -0.2) is 13.8 Å². The molecule has 0 unspecified atom stereocenters. The molecule has 1 fully saturated rings. The number of nitrogens with zero attached hydrogens (tertiary/aromatic N) is 4. The van der Waals surface area contributed by atoms with Crippen molar-refractivity contribution in [3.63, 3.8) is 0 Å². The molecule has 1 aliphatic rings. The molecular weight excluding hydrogens is 214 g/mol. The van der Waals surface area contributed by atoms with E-state index in [0.29, 0.717) is 11.5 Å². The summed E-state index contributed by atoms with van der Waals surface area (Å²) >= 11 is 0. The number of hydrogen-bond acceptors (Lipinski definition) is 3. The Morgan fingerprint density at radius 3 is 2.81 bits per heavy atom. The maximum absolute atomic E-state index is 12.8. The molecule has 0 bridgehead atoms. The van der Waals surface area contributed by atoms with E-state index in [1.807, 2.05) is 6.92 Å². The van der Waals surface area contributed by atoms with Crippen LogP contribution in [-0.4, -0.2) is 33.6 Å². The molecule has 0 spiro atoms. The Labute approximate surface area is 90.5 Å². The maximum atomic E-state index is 12.8. The van der Waals surface area contributed by atoms with Crippen LogP contribution in [0.5, 0.6) is 0 Å². The van der Waals surface area contributed by atoms with Crippen LogP contribution in [0.2, 0.25) is 0 Å². The first-order valence-electron chi connectivity index (χ1n) is 4.99. The topological polar surface area (TPSA) is 33.4 Å². The molecule has 0 N–H and O–H groups in total. The second kappa shape index (κ2) is 2.90. The number of halogens is 2. The Morgan fingerprint density at radius 2 is 2.12 bits per heavy atom. The molecule has 0 aromatic carbocycles. The standard InChI is InChI=1S/C10H10F2N4/c1-7-4-9(15-5-10(11,12)6-15)16-8(14-7)2-3-13-16/h2-4H,5-6H2,1H3. The number of hydrogen-bond donors (Lipinski definition) is 0. The Morgan fingerprint density at radius 1 is 1.38 bits per heavy atom. The van der Waals surface area contributed by atoms with E-state index >= 15 is 0 Å². The Kier molecular flexibility index (Phi) is 1.72. The number of fused-ring (bicyclic) bond motifs is 1. The first-order valence-corrected chi connectivity index (χ1v) is 4.99. The van der Waals surface area contributed by atoms with E-state index in [1.54, 1.807) is 27.7 Å². The van der Waals surface area contributed by atoms with Crippen molar-refractivity contribution in [1.29, 1.82) is 0 Å². The van der Waals surface area contributed by atoms with Crippen molar-refractivity contribution >= 4 is 11.5 Å². The van der Waals surface area contributed by atoms with Crippen molar-refractivity contribution < 1.29 is 8.78 Å². The quantitative estimate of drug-likeness (QED) is 0.736. The minimum Gasteiger partial charge on any atom is -0.344 e. The van der Waals surface area contributed by atoms with Gasteiger partial charge in [-0.05, 0) is 6.92 Å². The molecule has 1 saturated heterocycles. The van der Waals surface area contributed by atoms with Crippen LogP contribution in [0.15, 0.2) is 18.3 Å². The van der Waals surface area contributed by atoms with Crippen molar-refractivity contribution in [2.24, 2.45) is 0 Å². The van der Waals surface area contributed by atoms with Gasteiger partial charge in [-0.15, -0.1) is 0 Å². The van der Waals surface area contributed by atoms with Gasteiger partial charge in [0.05, 0.1) is 19.3 Å². The molecule has 16 heavy (non-hydrogen) atoms. The lowest BCUT2D eigenvalue weighted by atomic mass is 10.1. The summed E-state index contributed by atoms with van der Waals surface area (Å²) in [5.74, 6) is -1.89. The van der Waals surface area contributed by atoms with Crippen LogP contribution in [0, 0.1) is 6.92 Å². The number of rotatable bonds is 1. The molecule has 2 aromatic rings. The minimum atomic E-state index is -2.57. The average molecular weight is 224 g/mol. The lowest BCUT2D eigenvalue weighted by Gasteiger charge is -2.40. The van der Waals surface area contributed by atoms with Gasteiger partial charge >= 0.3 is 0 Å². The number of anilines is 1. The summed E-state index contributed by atoms with van der Waals surface area (Å²) < 4.78 is 27.2. The van der Waals surface area contributed by atoms with E-state index in [-0.39, 0.29) is 13.1 Å². The first kappa shape index (κ1) is 9.50. The highest BCUT2D eigenvalue weighted by Gasteiger charge is 2.44. The summed E-state index contributed by atoms with van der Waals surface area (Å²) in [7, 11) is 0. The third-order valence-corrected chi connectivity index (χ3v) is 2.64. The van der Waals surface area contributed by atoms with Crippen molar-refractivity contribution in [3.8, 4) is 0 Å². The molecule has 0 atom stereocenters. The van der Waals surface area contributed by atoms with E-state index in [1.165, 1.54) is 0 Å². The molecule has 84 valence electrons. The van der Waals surface area contributed by atoms with Crippen LogP contribution in [0.3, 0.4) is 0 Å². The molecule has 2 aromatic heterocycles. The lowest BCUT2D eigenvalue weighted by Crippen LogP contribution is -2.57. The fourth-order valence-electron chi connectivity index (χ4n) is 1.92. The molecule has 3 heterocycles. The van der Waals surface area contributed by atoms with Crippen LogP contribution in [-0.2, 0) is 0 Å². The summed E-state index contributed by atoms with van der Waals surface area (Å²) in [5, 5.41) is 4.08. The predicted molar refractivity (Wildman–Crippen MR) is 54.9 cm³/mol. The van der Waals surface area contributed by atoms with Crippen LogP contribution in [0.4, 0.5) is 14.6 Å². The Hall–Kier alpha value is -1.72. The fourth-order valence-corrected chi connectivity index (χ4v) is 1.92. The van der Waals surface area contributed by atoms with Gasteiger partial charge in [0.15, 0.2) is 5.65 Å². The van der Waals surface area contributed by atoms with Gasteiger partial charge in [0, 0.05) is 17.8 Å². The molecule has 3 rings (SSSR count). The SMILES string of the molecule is Cc1cc(N2CC(F)(F)C2)n2nccc2n1. The van der Waals surface area contributed by atoms with E-state index in [2.05, 4.69) is 10.1 Å². The van der Waals surface area contributed by atoms with Crippen molar-refractivity contribution in [3.05, 3.63) is 24.0 Å². The normalized spacial score (nSPS) is 18.8. The van der Waals surface area contributed by atoms with Gasteiger partial charge in [0.2, 0.25) is 0 Å². The van der Waals surface area contributed by atoms with Crippen LogP contribution in [0.1, 0.15) is 5.69 Å². The van der Waals surface area contributed by atoms with Crippen LogP contribution >= 0.6 is 0 Å². The molecular formula is C10H10F2N4. The molecule has 4 nitrogen and oxygen atoms in total. The van der Waals surface area contributed by atoms with Crippen LogP contribution in [0.25, 0.3) is 5.65 Å². The fraction of sp³-hybridized carbons (Fsp3) is 0.400. The first-order chi connectivity index (χ1) is 7.55. The summed E-state index contributed by atoms with van der Waals surface area (Å²) in [6.45, 7) is 1.35. The molecule has 1 aliphatic heterocycles. The zero-order valence-electron chi connectivity index (χ0n) is 8.69. The third-order valence-electron chi connectivity index (χ3n) is 2.64. The molecule has 0 radical (unpaired) electrons. The highest BCUT2D eigenvalue weighted by Crippen LogP contribution is 2.31. The van der Waals surface area contributed by atoms with Gasteiger partial charge in [-0.3, -0.25) is 0 Å².